The van der Waals surface area contributed by atoms with Crippen LogP contribution in [0.4, 0.5) is 0 Å². The highest BCUT2D eigenvalue weighted by atomic mass is 16.5. The van der Waals surface area contributed by atoms with Crippen molar-refractivity contribution < 1.29 is 4.74 Å². The summed E-state index contributed by atoms with van der Waals surface area (Å²) >= 11 is 0. The molecule has 1 aliphatic heterocycles. The van der Waals surface area contributed by atoms with Crippen molar-refractivity contribution in [2.75, 3.05) is 0 Å². The molecule has 0 atom stereocenters. The molecule has 0 aromatic rings. The molecule has 2 rings (SSSR count). The first-order valence-corrected chi connectivity index (χ1v) is 3.77. The zero-order valence-corrected chi connectivity index (χ0v) is 6.50. The molecule has 1 aliphatic carbocycles. The number of allylic oxidation sites excluding steroid dienone is 6. The Balaban J connectivity index is 2.48. The first kappa shape index (κ1) is 6.47. The summed E-state index contributed by atoms with van der Waals surface area (Å²) in [5.41, 5.74) is 3.92. The third-order valence-corrected chi connectivity index (χ3v) is 2.00. The van der Waals surface area contributed by atoms with Crippen LogP contribution < -0.4 is 0 Å². The maximum absolute atomic E-state index is 5.08. The van der Waals surface area contributed by atoms with Crippen LogP contribution in [0, 0.1) is 0 Å². The normalized spacial score (nSPS) is 21.0. The summed E-state index contributed by atoms with van der Waals surface area (Å²) in [5.74, 6) is 0. The highest BCUT2D eigenvalue weighted by Crippen LogP contribution is 2.27. The van der Waals surface area contributed by atoms with Gasteiger partial charge in [-0.25, -0.2) is 0 Å². The number of fused-ring (bicyclic) bond motifs is 1. The van der Waals surface area contributed by atoms with Gasteiger partial charge in [0.15, 0.2) is 0 Å². The predicted molar refractivity (Wildman–Crippen MR) is 44.8 cm³/mol. The van der Waals surface area contributed by atoms with Gasteiger partial charge >= 0.3 is 0 Å². The number of rotatable bonds is 0. The molecule has 0 saturated heterocycles. The molecule has 0 amide bonds. The van der Waals surface area contributed by atoms with Crippen LogP contribution in [0.5, 0.6) is 0 Å². The maximum Gasteiger partial charge on any atom is 0.0942 e. The number of hydrogen-bond acceptors (Lipinski definition) is 1. The number of hydrogen-bond donors (Lipinski definition) is 0. The second-order valence-electron chi connectivity index (χ2n) is 2.79. The van der Waals surface area contributed by atoms with Crippen molar-refractivity contribution in [1.82, 2.24) is 0 Å². The first-order chi connectivity index (χ1) is 5.38. The number of ether oxygens (including phenoxy) is 1. The quantitative estimate of drug-likeness (QED) is 0.510. The minimum absolute atomic E-state index is 0.997. The monoisotopic (exact) mass is 146 g/mol. The third kappa shape index (κ3) is 1.03. The van der Waals surface area contributed by atoms with E-state index in [1.807, 2.05) is 12.3 Å². The van der Waals surface area contributed by atoms with Crippen LogP contribution in [0.1, 0.15) is 13.3 Å². The Morgan fingerprint density at radius 3 is 3.09 bits per heavy atom. The van der Waals surface area contributed by atoms with Gasteiger partial charge in [-0.3, -0.25) is 0 Å². The van der Waals surface area contributed by atoms with Crippen molar-refractivity contribution in [2.45, 2.75) is 13.3 Å². The molecule has 1 nitrogen and oxygen atoms in total. The van der Waals surface area contributed by atoms with Gasteiger partial charge < -0.3 is 4.74 Å². The van der Waals surface area contributed by atoms with Crippen molar-refractivity contribution >= 4 is 0 Å². The van der Waals surface area contributed by atoms with Gasteiger partial charge in [-0.15, -0.1) is 0 Å². The molecule has 0 bridgehead atoms. The highest BCUT2D eigenvalue weighted by Gasteiger charge is 2.10. The van der Waals surface area contributed by atoms with E-state index >= 15 is 0 Å². The molecule has 0 fully saturated rings. The Kier molecular flexibility index (Phi) is 1.42. The Morgan fingerprint density at radius 1 is 1.36 bits per heavy atom. The van der Waals surface area contributed by atoms with Crippen molar-refractivity contribution in [2.24, 2.45) is 0 Å². The summed E-state index contributed by atoms with van der Waals surface area (Å²) in [6.07, 6.45) is 10.9. The molecule has 0 N–H and O–H groups in total. The molecule has 56 valence electrons. The van der Waals surface area contributed by atoms with Gasteiger partial charge in [-0.1, -0.05) is 12.2 Å². The molecule has 0 aromatic carbocycles. The molecule has 0 radical (unpaired) electrons. The summed E-state index contributed by atoms with van der Waals surface area (Å²) < 4.78 is 5.08. The van der Waals surface area contributed by atoms with Crippen LogP contribution >= 0.6 is 0 Å². The average molecular weight is 146 g/mol. The zero-order chi connectivity index (χ0) is 7.68. The van der Waals surface area contributed by atoms with E-state index in [-0.39, 0.29) is 0 Å². The first-order valence-electron chi connectivity index (χ1n) is 3.77. The lowest BCUT2D eigenvalue weighted by molar-refractivity contribution is 0.392. The average Bonchev–Trinajstić information content (AvgIpc) is 2.06. The minimum Gasteiger partial charge on any atom is -0.472 e. The van der Waals surface area contributed by atoms with E-state index in [0.717, 1.165) is 6.42 Å². The van der Waals surface area contributed by atoms with Crippen molar-refractivity contribution in [3.05, 3.63) is 47.5 Å². The van der Waals surface area contributed by atoms with Gasteiger partial charge in [0.1, 0.15) is 0 Å². The zero-order valence-electron chi connectivity index (χ0n) is 6.50. The van der Waals surface area contributed by atoms with E-state index in [4.69, 9.17) is 4.74 Å². The second kappa shape index (κ2) is 2.42. The topological polar surface area (TPSA) is 9.23 Å². The molecule has 0 saturated carbocycles. The standard InChI is InChI=1S/C10H10O/c1-8-3-2-4-9-7-11-6-5-10(8)9/h2-3,5-7H,4H2,1H3. The van der Waals surface area contributed by atoms with Crippen molar-refractivity contribution in [3.63, 3.8) is 0 Å². The third-order valence-electron chi connectivity index (χ3n) is 2.00. The van der Waals surface area contributed by atoms with Gasteiger partial charge in [0.2, 0.25) is 0 Å². The van der Waals surface area contributed by atoms with Crippen molar-refractivity contribution in [3.8, 4) is 0 Å². The molecule has 0 unspecified atom stereocenters. The van der Waals surface area contributed by atoms with E-state index in [1.165, 1.54) is 16.7 Å². The largest absolute Gasteiger partial charge is 0.472 e. The molecule has 0 spiro atoms. The van der Waals surface area contributed by atoms with Crippen LogP contribution in [0.25, 0.3) is 0 Å². The van der Waals surface area contributed by atoms with E-state index in [1.54, 1.807) is 6.26 Å². The van der Waals surface area contributed by atoms with Gasteiger partial charge in [0, 0.05) is 0 Å². The molecule has 11 heavy (non-hydrogen) atoms. The van der Waals surface area contributed by atoms with E-state index in [0.29, 0.717) is 0 Å². The summed E-state index contributed by atoms with van der Waals surface area (Å²) in [5, 5.41) is 0. The van der Waals surface area contributed by atoms with Crippen LogP contribution in [0.3, 0.4) is 0 Å². The Hall–Kier alpha value is -1.24. The van der Waals surface area contributed by atoms with Gasteiger partial charge in [-0.05, 0) is 36.1 Å². The molecular weight excluding hydrogens is 136 g/mol. The van der Waals surface area contributed by atoms with Gasteiger partial charge in [0.05, 0.1) is 12.5 Å². The Bertz CT molecular complexity index is 290. The van der Waals surface area contributed by atoms with Gasteiger partial charge in [-0.2, -0.15) is 0 Å². The van der Waals surface area contributed by atoms with Crippen LogP contribution in [0.15, 0.2) is 47.5 Å². The predicted octanol–water partition coefficient (Wildman–Crippen LogP) is 2.69. The smallest absolute Gasteiger partial charge is 0.0942 e. The Morgan fingerprint density at radius 2 is 2.27 bits per heavy atom. The summed E-state index contributed by atoms with van der Waals surface area (Å²) in [7, 11) is 0. The summed E-state index contributed by atoms with van der Waals surface area (Å²) in [4.78, 5) is 0. The van der Waals surface area contributed by atoms with E-state index in [9.17, 15) is 0 Å². The fourth-order valence-electron chi connectivity index (χ4n) is 1.39. The molecule has 1 heterocycles. The molecule has 2 aliphatic rings. The summed E-state index contributed by atoms with van der Waals surface area (Å²) in [6.45, 7) is 2.12. The van der Waals surface area contributed by atoms with Crippen LogP contribution in [-0.2, 0) is 4.74 Å². The van der Waals surface area contributed by atoms with E-state index in [2.05, 4.69) is 19.1 Å². The lowest BCUT2D eigenvalue weighted by Crippen LogP contribution is -1.98. The lowest BCUT2D eigenvalue weighted by atomic mass is 9.93. The highest BCUT2D eigenvalue weighted by molar-refractivity contribution is 5.50. The Labute approximate surface area is 66.4 Å². The molecular formula is C10H10O. The minimum atomic E-state index is 0.997. The SMILES string of the molecule is CC1=C2C=COC=C2CC=C1. The van der Waals surface area contributed by atoms with E-state index < -0.39 is 0 Å². The lowest BCUT2D eigenvalue weighted by Gasteiger charge is -2.16. The fraction of sp³-hybridized carbons (Fsp3) is 0.200. The van der Waals surface area contributed by atoms with Crippen LogP contribution in [-0.4, -0.2) is 0 Å². The molecule has 1 heteroatoms. The molecule has 0 aromatic heterocycles. The van der Waals surface area contributed by atoms with Crippen LogP contribution in [0.2, 0.25) is 0 Å². The summed E-state index contributed by atoms with van der Waals surface area (Å²) in [6, 6.07) is 0. The van der Waals surface area contributed by atoms with Crippen molar-refractivity contribution in [1.29, 1.82) is 0 Å². The fourth-order valence-corrected chi connectivity index (χ4v) is 1.39. The maximum atomic E-state index is 5.08. The second-order valence-corrected chi connectivity index (χ2v) is 2.79. The van der Waals surface area contributed by atoms with Gasteiger partial charge in [0.25, 0.3) is 0 Å².